The molecule has 10 nitrogen and oxygen atoms in total. The molecule has 0 spiro atoms. The van der Waals surface area contributed by atoms with E-state index in [4.69, 9.17) is 19.9 Å². The predicted octanol–water partition coefficient (Wildman–Crippen LogP) is 6.90. The van der Waals surface area contributed by atoms with Crippen LogP contribution in [0, 0.1) is 0 Å². The Kier molecular flexibility index (Phi) is 13.6. The van der Waals surface area contributed by atoms with Crippen LogP contribution in [-0.2, 0) is 37.0 Å². The number of nitrogens with two attached hydrogens (primary N) is 1. The van der Waals surface area contributed by atoms with Crippen LogP contribution >= 0.6 is 0 Å². The lowest BCUT2D eigenvalue weighted by molar-refractivity contribution is -0.253. The maximum Gasteiger partial charge on any atom is 0.224 e. The highest BCUT2D eigenvalue weighted by Gasteiger charge is 2.35. The number of para-hydroxylation sites is 2. The molecule has 2 amide bonds. The molecule has 53 heavy (non-hydrogen) atoms. The van der Waals surface area contributed by atoms with Crippen LogP contribution in [-0.4, -0.2) is 60.8 Å². The van der Waals surface area contributed by atoms with E-state index in [1.54, 1.807) is 19.2 Å². The molecule has 2 saturated heterocycles. The fourth-order valence-electron chi connectivity index (χ4n) is 7.19. The van der Waals surface area contributed by atoms with Crippen LogP contribution < -0.4 is 16.4 Å². The van der Waals surface area contributed by atoms with Gasteiger partial charge >= 0.3 is 0 Å². The van der Waals surface area contributed by atoms with Gasteiger partial charge in [-0.3, -0.25) is 14.5 Å². The lowest BCUT2D eigenvalue weighted by Gasteiger charge is -2.38. The zero-order chi connectivity index (χ0) is 37.0. The van der Waals surface area contributed by atoms with Crippen molar-refractivity contribution in [1.29, 1.82) is 0 Å². The summed E-state index contributed by atoms with van der Waals surface area (Å²) in [4.78, 5) is 27.3. The zero-order valence-electron chi connectivity index (χ0n) is 30.5. The number of unbranched alkanes of at least 4 members (excludes halogenated alkanes) is 1. The number of nitrogens with one attached hydrogen (secondary N) is 2. The molecule has 2 fully saturated rings. The lowest BCUT2D eigenvalue weighted by Crippen LogP contribution is -2.42. The molecule has 0 aliphatic carbocycles. The fourth-order valence-corrected chi connectivity index (χ4v) is 7.19. The van der Waals surface area contributed by atoms with Crippen LogP contribution in [0.25, 0.3) is 11.1 Å². The molecular weight excluding hydrogens is 668 g/mol. The Balaban J connectivity index is 1.03. The molecule has 5 N–H and O–H groups in total. The lowest BCUT2D eigenvalue weighted by atomic mass is 9.98. The Hall–Kier alpha value is -4.58. The van der Waals surface area contributed by atoms with Gasteiger partial charge in [0.05, 0.1) is 36.8 Å². The normalized spacial score (nSPS) is 20.3. The quantitative estimate of drug-likeness (QED) is 0.0726. The van der Waals surface area contributed by atoms with Crippen molar-refractivity contribution < 1.29 is 28.9 Å². The first-order chi connectivity index (χ1) is 25.9. The van der Waals surface area contributed by atoms with Crippen molar-refractivity contribution in [3.8, 4) is 11.1 Å². The number of aliphatic hydroxyl groups excluding tert-OH is 1. The van der Waals surface area contributed by atoms with Crippen LogP contribution in [0.15, 0.2) is 97.1 Å². The van der Waals surface area contributed by atoms with E-state index in [0.717, 1.165) is 72.3 Å². The largest absolute Gasteiger partial charge is 0.397 e. The molecule has 0 radical (unpaired) electrons. The highest BCUT2D eigenvalue weighted by atomic mass is 16.7. The van der Waals surface area contributed by atoms with Gasteiger partial charge in [-0.2, -0.15) is 0 Å². The van der Waals surface area contributed by atoms with Gasteiger partial charge in [0.15, 0.2) is 6.29 Å². The maximum atomic E-state index is 12.6. The number of amides is 2. The molecule has 2 heterocycles. The van der Waals surface area contributed by atoms with E-state index >= 15 is 0 Å². The number of hydrogen-bond acceptors (Lipinski definition) is 8. The van der Waals surface area contributed by atoms with E-state index in [1.165, 1.54) is 0 Å². The van der Waals surface area contributed by atoms with E-state index in [2.05, 4.69) is 51.9 Å². The second-order valence-corrected chi connectivity index (χ2v) is 14.0. The first-order valence-corrected chi connectivity index (χ1v) is 18.7. The Morgan fingerprint density at radius 3 is 2.38 bits per heavy atom. The summed E-state index contributed by atoms with van der Waals surface area (Å²) in [6.07, 6.45) is 4.28. The maximum absolute atomic E-state index is 12.6. The molecule has 0 aromatic heterocycles. The Labute approximate surface area is 312 Å². The highest BCUT2D eigenvalue weighted by molar-refractivity contribution is 5.93. The molecule has 4 atom stereocenters. The van der Waals surface area contributed by atoms with E-state index < -0.39 is 6.29 Å². The van der Waals surface area contributed by atoms with Crippen LogP contribution in [0.1, 0.15) is 79.6 Å². The van der Waals surface area contributed by atoms with E-state index in [0.29, 0.717) is 49.6 Å². The molecule has 2 aliphatic rings. The van der Waals surface area contributed by atoms with Crippen LogP contribution in [0.4, 0.5) is 11.4 Å². The number of hydrogen-bond donors (Lipinski definition) is 4. The Morgan fingerprint density at radius 2 is 1.62 bits per heavy atom. The molecule has 0 bridgehead atoms. The van der Waals surface area contributed by atoms with Gasteiger partial charge < -0.3 is 35.7 Å². The molecule has 4 aromatic carbocycles. The van der Waals surface area contributed by atoms with Crippen molar-refractivity contribution in [2.75, 3.05) is 37.9 Å². The smallest absolute Gasteiger partial charge is 0.224 e. The topological polar surface area (TPSA) is 135 Å². The van der Waals surface area contributed by atoms with Gasteiger partial charge in [0.25, 0.3) is 0 Å². The van der Waals surface area contributed by atoms with Gasteiger partial charge in [-0.15, -0.1) is 0 Å². The van der Waals surface area contributed by atoms with Gasteiger partial charge in [0.2, 0.25) is 11.8 Å². The summed E-state index contributed by atoms with van der Waals surface area (Å²) in [7, 11) is 1.76. The Bertz CT molecular complexity index is 1780. The fraction of sp³-hybridized carbons (Fsp3) is 0.395. The number of aliphatic hydroxyl groups is 1. The van der Waals surface area contributed by atoms with E-state index in [-0.39, 0.29) is 30.6 Å². The van der Waals surface area contributed by atoms with Crippen molar-refractivity contribution in [3.05, 3.63) is 119 Å². The number of carbonyl (C=O) groups excluding carboxylic acids is 2. The van der Waals surface area contributed by atoms with Crippen molar-refractivity contribution in [1.82, 2.24) is 10.2 Å². The number of benzene rings is 4. The molecule has 6 rings (SSSR count). The number of methoxy groups -OCH3 is 1. The number of ether oxygens (including phenoxy) is 3. The monoisotopic (exact) mass is 720 g/mol. The molecule has 0 unspecified atom stereocenters. The average Bonchev–Trinajstić information content (AvgIpc) is 3.62. The van der Waals surface area contributed by atoms with Crippen LogP contribution in [0.2, 0.25) is 0 Å². The highest BCUT2D eigenvalue weighted by Crippen LogP contribution is 2.39. The van der Waals surface area contributed by atoms with Gasteiger partial charge in [0.1, 0.15) is 0 Å². The molecule has 10 heteroatoms. The third-order valence-corrected chi connectivity index (χ3v) is 10.1. The van der Waals surface area contributed by atoms with E-state index in [1.807, 2.05) is 48.5 Å². The van der Waals surface area contributed by atoms with Crippen molar-refractivity contribution in [2.24, 2.45) is 0 Å². The summed E-state index contributed by atoms with van der Waals surface area (Å²) in [6.45, 7) is 3.02. The van der Waals surface area contributed by atoms with Crippen molar-refractivity contribution in [2.45, 2.75) is 82.6 Å². The second-order valence-electron chi connectivity index (χ2n) is 14.0. The average molecular weight is 721 g/mol. The number of likely N-dealkylation sites (tertiary alicyclic amines) is 1. The third kappa shape index (κ3) is 10.7. The summed E-state index contributed by atoms with van der Waals surface area (Å²) < 4.78 is 18.8. The number of nitrogen functional groups attached to an aromatic ring is 1. The number of nitrogens with zero attached hydrogens (tertiary/aromatic N) is 1. The molecule has 2 aliphatic heterocycles. The van der Waals surface area contributed by atoms with Crippen LogP contribution in [0.3, 0.4) is 0 Å². The standard InChI is InChI=1S/C43H52N4O6/c1-51-29-36-10-7-23-47(36)27-37-25-40(33-17-15-30(28-48)16-18-33)53-43(52-37)34-21-19-32(20-22-34)35-9-6-8-31(24-35)26-45-41(49)13-4-5-14-42(50)46-39-12-3-2-11-38(39)44/h2-3,6,8-9,11-12,15-22,24,36-37,40,43,48H,4-5,7,10,13-14,23,25-29,44H2,1H3,(H,45,49)(H,46,50)/t36-,37+,40-,43-/m0/s1. The van der Waals surface area contributed by atoms with Gasteiger partial charge in [0, 0.05) is 51.1 Å². The Morgan fingerprint density at radius 1 is 0.868 bits per heavy atom. The summed E-state index contributed by atoms with van der Waals surface area (Å²) in [5, 5.41) is 15.4. The van der Waals surface area contributed by atoms with Crippen LogP contribution in [0.5, 0.6) is 0 Å². The minimum atomic E-state index is -0.521. The number of anilines is 2. The van der Waals surface area contributed by atoms with Crippen molar-refractivity contribution >= 4 is 23.2 Å². The summed E-state index contributed by atoms with van der Waals surface area (Å²) in [5.41, 5.74) is 13.1. The number of rotatable bonds is 16. The predicted molar refractivity (Wildman–Crippen MR) is 207 cm³/mol. The summed E-state index contributed by atoms with van der Waals surface area (Å²) in [5.74, 6) is -0.153. The van der Waals surface area contributed by atoms with Crippen molar-refractivity contribution in [3.63, 3.8) is 0 Å². The second kappa shape index (κ2) is 19.0. The van der Waals surface area contributed by atoms with Gasteiger partial charge in [-0.25, -0.2) is 0 Å². The summed E-state index contributed by atoms with van der Waals surface area (Å²) in [6, 6.07) is 32.1. The van der Waals surface area contributed by atoms with E-state index in [9.17, 15) is 14.7 Å². The first kappa shape index (κ1) is 38.2. The number of carbonyl (C=O) groups is 2. The minimum Gasteiger partial charge on any atom is -0.397 e. The molecule has 0 saturated carbocycles. The van der Waals surface area contributed by atoms with Gasteiger partial charge in [-0.05, 0) is 78.2 Å². The first-order valence-electron chi connectivity index (χ1n) is 18.7. The summed E-state index contributed by atoms with van der Waals surface area (Å²) >= 11 is 0. The zero-order valence-corrected chi connectivity index (χ0v) is 30.5. The third-order valence-electron chi connectivity index (χ3n) is 10.1. The van der Waals surface area contributed by atoms with Gasteiger partial charge in [-0.1, -0.05) is 78.9 Å². The molecule has 280 valence electrons. The SMILES string of the molecule is COC[C@@H]1CCCN1C[C@H]1C[C@@H](c2ccc(CO)cc2)O[C@@H](c2ccc(-c3cccc(CNC(=O)CCCCC(=O)Nc4ccccc4N)c3)cc2)O1. The molecule has 4 aromatic rings. The molecular formula is C43H52N4O6. The minimum absolute atomic E-state index is 0.00939.